The Kier molecular flexibility index (Phi) is 7.90. The Balaban J connectivity index is 0.000000711. The third-order valence-electron chi connectivity index (χ3n) is 2.38. The minimum atomic E-state index is -0.611. The van der Waals surface area contributed by atoms with Crippen LogP contribution in [-0.2, 0) is 20.3 Å². The Morgan fingerprint density at radius 3 is 2.00 bits per heavy atom. The number of likely N-dealkylation sites (tertiary alicyclic amines) is 1. The average Bonchev–Trinajstić information content (AvgIpc) is 2.26. The van der Waals surface area contributed by atoms with E-state index >= 15 is 0 Å². The third-order valence-corrected chi connectivity index (χ3v) is 2.38. The second kappa shape index (κ2) is 8.30. The fraction of sp³-hybridized carbons (Fsp3) is 0.846. The molecule has 6 heteroatoms. The van der Waals surface area contributed by atoms with Gasteiger partial charge in [-0.15, -0.1) is 0 Å². The van der Waals surface area contributed by atoms with Gasteiger partial charge in [-0.25, -0.2) is 4.79 Å². The zero-order valence-corrected chi connectivity index (χ0v) is 13.3. The molecule has 0 bridgehead atoms. The van der Waals surface area contributed by atoms with E-state index in [1.165, 1.54) is 0 Å². The molecule has 1 rings (SSSR count). The lowest BCUT2D eigenvalue weighted by Gasteiger charge is -2.31. The van der Waals surface area contributed by atoms with Gasteiger partial charge in [-0.3, -0.25) is 4.21 Å². The number of hydrogen-bond acceptors (Lipinski definition) is 4. The van der Waals surface area contributed by atoms with Crippen molar-refractivity contribution in [2.45, 2.75) is 39.2 Å². The Hall–Kier alpha value is -0.910. The van der Waals surface area contributed by atoms with Crippen LogP contribution in [0.1, 0.15) is 33.6 Å². The molecule has 0 saturated carbocycles. The summed E-state index contributed by atoms with van der Waals surface area (Å²) in [4.78, 5) is 23.8. The van der Waals surface area contributed by atoms with Crippen molar-refractivity contribution in [1.82, 2.24) is 4.90 Å². The van der Waals surface area contributed by atoms with Gasteiger partial charge in [-0.2, -0.15) is 0 Å². The smallest absolute Gasteiger partial charge is 0.410 e. The van der Waals surface area contributed by atoms with Gasteiger partial charge in [0.2, 0.25) is 0 Å². The standard InChI is InChI=1S/C11H19NO3.C2H6OS/c1-11(2,3)15-10(14)12-6-4-9(8-13)5-7-12;1-4(2)3/h8-9H,4-7H2,1-3H3;1-2H3. The molecular weight excluding hydrogens is 266 g/mol. The number of ether oxygens (including phenoxy) is 1. The van der Waals surface area contributed by atoms with Crippen molar-refractivity contribution < 1.29 is 18.5 Å². The molecule has 0 N–H and O–H groups in total. The highest BCUT2D eigenvalue weighted by Crippen LogP contribution is 2.17. The first kappa shape index (κ1) is 18.1. The van der Waals surface area contributed by atoms with Crippen LogP contribution in [0.2, 0.25) is 0 Å². The van der Waals surface area contributed by atoms with Crippen molar-refractivity contribution >= 4 is 23.2 Å². The van der Waals surface area contributed by atoms with Crippen LogP contribution in [0.3, 0.4) is 0 Å². The predicted octanol–water partition coefficient (Wildman–Crippen LogP) is 1.83. The van der Waals surface area contributed by atoms with E-state index in [4.69, 9.17) is 4.74 Å². The van der Waals surface area contributed by atoms with Crippen LogP contribution in [0.25, 0.3) is 0 Å². The van der Waals surface area contributed by atoms with E-state index in [-0.39, 0.29) is 12.0 Å². The molecule has 0 unspecified atom stereocenters. The fourth-order valence-corrected chi connectivity index (χ4v) is 1.54. The van der Waals surface area contributed by atoms with Gasteiger partial charge in [0, 0.05) is 42.3 Å². The SMILES string of the molecule is CC(C)(C)OC(=O)N1CCC(C=O)CC1.CS(C)=O. The minimum absolute atomic E-state index is 0.115. The number of hydrogen-bond donors (Lipinski definition) is 0. The van der Waals surface area contributed by atoms with Gasteiger partial charge in [0.1, 0.15) is 11.9 Å². The molecule has 0 atom stereocenters. The largest absolute Gasteiger partial charge is 0.444 e. The van der Waals surface area contributed by atoms with Crippen molar-refractivity contribution in [3.8, 4) is 0 Å². The number of carbonyl (C=O) groups is 2. The highest BCUT2D eigenvalue weighted by molar-refractivity contribution is 7.83. The molecule has 19 heavy (non-hydrogen) atoms. The summed E-state index contributed by atoms with van der Waals surface area (Å²) >= 11 is 0. The molecule has 0 radical (unpaired) electrons. The Bertz CT molecular complexity index is 313. The highest BCUT2D eigenvalue weighted by Gasteiger charge is 2.26. The van der Waals surface area contributed by atoms with E-state index in [1.807, 2.05) is 20.8 Å². The van der Waals surface area contributed by atoms with Gasteiger partial charge < -0.3 is 14.4 Å². The number of rotatable bonds is 1. The summed E-state index contributed by atoms with van der Waals surface area (Å²) in [5.41, 5.74) is -0.446. The summed E-state index contributed by atoms with van der Waals surface area (Å²) in [5, 5.41) is 0. The number of piperidine rings is 1. The Morgan fingerprint density at radius 2 is 1.68 bits per heavy atom. The lowest BCUT2D eigenvalue weighted by atomic mass is 9.99. The van der Waals surface area contributed by atoms with E-state index in [1.54, 1.807) is 17.4 Å². The van der Waals surface area contributed by atoms with Crippen LogP contribution in [0.15, 0.2) is 0 Å². The van der Waals surface area contributed by atoms with Gasteiger partial charge in [-0.1, -0.05) is 0 Å². The van der Waals surface area contributed by atoms with E-state index in [2.05, 4.69) is 0 Å². The molecule has 1 aliphatic rings. The summed E-state index contributed by atoms with van der Waals surface area (Å²) in [5.74, 6) is 0.115. The van der Waals surface area contributed by atoms with Gasteiger partial charge in [-0.05, 0) is 33.6 Å². The molecule has 0 aromatic rings. The van der Waals surface area contributed by atoms with Crippen molar-refractivity contribution in [2.75, 3.05) is 25.6 Å². The lowest BCUT2D eigenvalue weighted by Crippen LogP contribution is -2.41. The minimum Gasteiger partial charge on any atom is -0.444 e. The normalized spacial score (nSPS) is 16.6. The van der Waals surface area contributed by atoms with Gasteiger partial charge in [0.05, 0.1) is 0 Å². The maximum absolute atomic E-state index is 11.6. The molecule has 0 aromatic heterocycles. The van der Waals surface area contributed by atoms with E-state index in [9.17, 15) is 13.8 Å². The monoisotopic (exact) mass is 291 g/mol. The van der Waals surface area contributed by atoms with Crippen LogP contribution >= 0.6 is 0 Å². The van der Waals surface area contributed by atoms with Gasteiger partial charge in [0.25, 0.3) is 0 Å². The molecule has 1 amide bonds. The second-order valence-electron chi connectivity index (χ2n) is 5.68. The summed E-state index contributed by atoms with van der Waals surface area (Å²) in [6.45, 7) is 6.80. The molecule has 1 heterocycles. The average molecular weight is 291 g/mol. The van der Waals surface area contributed by atoms with Crippen molar-refractivity contribution in [1.29, 1.82) is 0 Å². The summed E-state index contributed by atoms with van der Waals surface area (Å²) in [6, 6.07) is 0. The maximum Gasteiger partial charge on any atom is 0.410 e. The van der Waals surface area contributed by atoms with E-state index < -0.39 is 16.4 Å². The Morgan fingerprint density at radius 1 is 1.26 bits per heavy atom. The van der Waals surface area contributed by atoms with Crippen LogP contribution in [0.4, 0.5) is 4.79 Å². The first-order chi connectivity index (χ1) is 8.65. The molecular formula is C13H25NO4S. The first-order valence-corrected chi connectivity index (χ1v) is 8.30. The zero-order chi connectivity index (χ0) is 15.1. The van der Waals surface area contributed by atoms with Crippen molar-refractivity contribution in [3.05, 3.63) is 0 Å². The molecule has 0 aliphatic carbocycles. The quantitative estimate of drug-likeness (QED) is 0.691. The van der Waals surface area contributed by atoms with E-state index in [0.29, 0.717) is 13.1 Å². The second-order valence-corrected chi connectivity index (χ2v) is 7.17. The summed E-state index contributed by atoms with van der Waals surface area (Å²) in [7, 11) is -0.611. The van der Waals surface area contributed by atoms with Crippen LogP contribution in [0, 0.1) is 5.92 Å². The van der Waals surface area contributed by atoms with E-state index in [0.717, 1.165) is 19.1 Å². The first-order valence-electron chi connectivity index (χ1n) is 6.34. The number of carbonyl (C=O) groups excluding carboxylic acids is 2. The van der Waals surface area contributed by atoms with Crippen LogP contribution in [-0.4, -0.2) is 52.7 Å². The van der Waals surface area contributed by atoms with Gasteiger partial charge >= 0.3 is 6.09 Å². The predicted molar refractivity (Wildman–Crippen MR) is 76.6 cm³/mol. The molecule has 5 nitrogen and oxygen atoms in total. The molecule has 1 aliphatic heterocycles. The third kappa shape index (κ3) is 9.64. The topological polar surface area (TPSA) is 63.7 Å². The molecule has 0 spiro atoms. The molecule has 1 fully saturated rings. The fourth-order valence-electron chi connectivity index (χ4n) is 1.54. The molecule has 112 valence electrons. The molecule has 0 aromatic carbocycles. The van der Waals surface area contributed by atoms with Crippen molar-refractivity contribution in [3.63, 3.8) is 0 Å². The molecule has 1 saturated heterocycles. The van der Waals surface area contributed by atoms with Crippen molar-refractivity contribution in [2.24, 2.45) is 5.92 Å². The number of aldehydes is 1. The zero-order valence-electron chi connectivity index (χ0n) is 12.5. The Labute approximate surface area is 118 Å². The van der Waals surface area contributed by atoms with Gasteiger partial charge in [0.15, 0.2) is 0 Å². The highest BCUT2D eigenvalue weighted by atomic mass is 32.2. The van der Waals surface area contributed by atoms with Crippen LogP contribution < -0.4 is 0 Å². The van der Waals surface area contributed by atoms with Crippen LogP contribution in [0.5, 0.6) is 0 Å². The number of amides is 1. The maximum atomic E-state index is 11.6. The summed E-state index contributed by atoms with van der Waals surface area (Å²) < 4.78 is 14.8. The summed E-state index contributed by atoms with van der Waals surface area (Å²) in [6.07, 6.45) is 5.49. The lowest BCUT2D eigenvalue weighted by molar-refractivity contribution is -0.112. The number of nitrogens with zero attached hydrogens (tertiary/aromatic N) is 1.